The van der Waals surface area contributed by atoms with Crippen molar-refractivity contribution in [1.29, 1.82) is 0 Å². The molecule has 1 fully saturated rings. The molecule has 0 bridgehead atoms. The molecular formula is C14H15ClFN3. The van der Waals surface area contributed by atoms with Gasteiger partial charge < -0.3 is 5.73 Å². The van der Waals surface area contributed by atoms with Crippen molar-refractivity contribution < 1.29 is 4.39 Å². The van der Waals surface area contributed by atoms with E-state index in [-0.39, 0.29) is 5.82 Å². The zero-order chi connectivity index (χ0) is 13.4. The molecule has 0 amide bonds. The summed E-state index contributed by atoms with van der Waals surface area (Å²) < 4.78 is 14.0. The van der Waals surface area contributed by atoms with E-state index >= 15 is 0 Å². The van der Waals surface area contributed by atoms with E-state index in [1.165, 1.54) is 25.3 Å². The Morgan fingerprint density at radius 1 is 1.37 bits per heavy atom. The third-order valence-electron chi connectivity index (χ3n) is 3.80. The minimum Gasteiger partial charge on any atom is -0.382 e. The molecule has 19 heavy (non-hydrogen) atoms. The number of hydrogen-bond acceptors (Lipinski definition) is 2. The van der Waals surface area contributed by atoms with Crippen LogP contribution in [0.15, 0.2) is 18.2 Å². The van der Waals surface area contributed by atoms with Crippen LogP contribution in [0.3, 0.4) is 0 Å². The average Bonchev–Trinajstić information content (AvgIpc) is 2.66. The van der Waals surface area contributed by atoms with Crippen LogP contribution >= 0.6 is 11.6 Å². The topological polar surface area (TPSA) is 54.7 Å². The number of nitrogens with zero attached hydrogens (tertiary/aromatic N) is 1. The smallest absolute Gasteiger partial charge is 0.153 e. The molecule has 1 aromatic carbocycles. The second-order valence-corrected chi connectivity index (χ2v) is 5.47. The number of nitrogens with one attached hydrogen (secondary N) is 1. The molecule has 2 aromatic rings. The van der Waals surface area contributed by atoms with E-state index in [1.807, 2.05) is 0 Å². The van der Waals surface area contributed by atoms with Crippen molar-refractivity contribution in [3.8, 4) is 11.1 Å². The van der Waals surface area contributed by atoms with Crippen molar-refractivity contribution in [1.82, 2.24) is 10.2 Å². The van der Waals surface area contributed by atoms with Crippen LogP contribution in [0.5, 0.6) is 0 Å². The fourth-order valence-electron chi connectivity index (χ4n) is 2.54. The molecule has 1 aliphatic carbocycles. The van der Waals surface area contributed by atoms with Gasteiger partial charge in [0, 0.05) is 11.3 Å². The average molecular weight is 280 g/mol. The SMILES string of the molecule is Nc1n[nH]c(CC2CCC2)c1-c1c(F)cccc1Cl. The molecular weight excluding hydrogens is 265 g/mol. The molecule has 0 saturated heterocycles. The molecule has 5 heteroatoms. The maximum atomic E-state index is 14.0. The Bertz CT molecular complexity index is 584. The predicted octanol–water partition coefficient (Wildman–Crippen LogP) is 3.79. The molecule has 3 N–H and O–H groups in total. The van der Waals surface area contributed by atoms with Gasteiger partial charge in [-0.25, -0.2) is 4.39 Å². The minimum absolute atomic E-state index is 0.307. The van der Waals surface area contributed by atoms with Crippen LogP contribution in [0, 0.1) is 11.7 Å². The Kier molecular flexibility index (Phi) is 3.19. The standard InChI is InChI=1S/C14H15ClFN3/c15-9-5-2-6-10(16)12(9)13-11(18-19-14(13)17)7-8-3-1-4-8/h2,5-6,8H,1,3-4,7H2,(H3,17,18,19). The highest BCUT2D eigenvalue weighted by Crippen LogP contribution is 2.38. The van der Waals surface area contributed by atoms with E-state index in [9.17, 15) is 4.39 Å². The third-order valence-corrected chi connectivity index (χ3v) is 4.11. The van der Waals surface area contributed by atoms with Gasteiger partial charge in [0.2, 0.25) is 0 Å². The van der Waals surface area contributed by atoms with Gasteiger partial charge in [0.15, 0.2) is 5.82 Å². The normalized spacial score (nSPS) is 15.5. The Morgan fingerprint density at radius 3 is 2.79 bits per heavy atom. The molecule has 0 spiro atoms. The number of rotatable bonds is 3. The van der Waals surface area contributed by atoms with Gasteiger partial charge in [0.05, 0.1) is 10.6 Å². The molecule has 1 aromatic heterocycles. The number of anilines is 1. The minimum atomic E-state index is -0.365. The molecule has 3 nitrogen and oxygen atoms in total. The molecule has 1 saturated carbocycles. The van der Waals surface area contributed by atoms with Crippen molar-refractivity contribution in [3.63, 3.8) is 0 Å². The summed E-state index contributed by atoms with van der Waals surface area (Å²) in [5.41, 5.74) is 7.73. The molecule has 0 radical (unpaired) electrons. The van der Waals surface area contributed by atoms with Gasteiger partial charge in [-0.2, -0.15) is 5.10 Å². The molecule has 0 atom stereocenters. The molecule has 0 unspecified atom stereocenters. The van der Waals surface area contributed by atoms with E-state index < -0.39 is 0 Å². The van der Waals surface area contributed by atoms with E-state index in [4.69, 9.17) is 17.3 Å². The molecule has 0 aliphatic heterocycles. The fraction of sp³-hybridized carbons (Fsp3) is 0.357. The van der Waals surface area contributed by atoms with E-state index in [0.717, 1.165) is 12.1 Å². The number of H-pyrrole nitrogens is 1. The first kappa shape index (κ1) is 12.5. The monoisotopic (exact) mass is 279 g/mol. The number of halogens is 2. The van der Waals surface area contributed by atoms with Crippen molar-refractivity contribution >= 4 is 17.4 Å². The van der Waals surface area contributed by atoms with Gasteiger partial charge in [0.25, 0.3) is 0 Å². The highest BCUT2D eigenvalue weighted by Gasteiger charge is 2.24. The van der Waals surface area contributed by atoms with Crippen molar-refractivity contribution in [3.05, 3.63) is 34.7 Å². The molecule has 1 aliphatic rings. The van der Waals surface area contributed by atoms with Crippen LogP contribution < -0.4 is 5.73 Å². The second kappa shape index (κ2) is 4.85. The van der Waals surface area contributed by atoms with Gasteiger partial charge in [-0.05, 0) is 24.5 Å². The van der Waals surface area contributed by atoms with Crippen LogP contribution in [0.25, 0.3) is 11.1 Å². The first-order valence-electron chi connectivity index (χ1n) is 6.44. The summed E-state index contributed by atoms with van der Waals surface area (Å²) in [6, 6.07) is 4.64. The molecule has 100 valence electrons. The quantitative estimate of drug-likeness (QED) is 0.898. The fourth-order valence-corrected chi connectivity index (χ4v) is 2.80. The number of nitrogen functional groups attached to an aromatic ring is 1. The summed E-state index contributed by atoms with van der Waals surface area (Å²) >= 11 is 6.11. The van der Waals surface area contributed by atoms with Gasteiger partial charge in [0.1, 0.15) is 5.82 Å². The first-order chi connectivity index (χ1) is 9.16. The summed E-state index contributed by atoms with van der Waals surface area (Å²) in [4.78, 5) is 0. The van der Waals surface area contributed by atoms with Crippen LogP contribution in [0.2, 0.25) is 5.02 Å². The van der Waals surface area contributed by atoms with E-state index in [1.54, 1.807) is 12.1 Å². The predicted molar refractivity (Wildman–Crippen MR) is 74.4 cm³/mol. The zero-order valence-corrected chi connectivity index (χ0v) is 11.2. The maximum Gasteiger partial charge on any atom is 0.153 e. The zero-order valence-electron chi connectivity index (χ0n) is 10.4. The maximum absolute atomic E-state index is 14.0. The van der Waals surface area contributed by atoms with Crippen LogP contribution in [0.1, 0.15) is 25.0 Å². The Hall–Kier alpha value is -1.55. The van der Waals surface area contributed by atoms with E-state index in [0.29, 0.717) is 27.9 Å². The second-order valence-electron chi connectivity index (χ2n) is 5.06. The van der Waals surface area contributed by atoms with Crippen LogP contribution in [-0.2, 0) is 6.42 Å². The van der Waals surface area contributed by atoms with Gasteiger partial charge in [-0.1, -0.05) is 36.9 Å². The van der Waals surface area contributed by atoms with Crippen molar-refractivity contribution in [2.24, 2.45) is 5.92 Å². The number of nitrogens with two attached hydrogens (primary N) is 1. The molecule has 3 rings (SSSR count). The highest BCUT2D eigenvalue weighted by atomic mass is 35.5. The number of aromatic nitrogens is 2. The Morgan fingerprint density at radius 2 is 2.16 bits per heavy atom. The lowest BCUT2D eigenvalue weighted by Gasteiger charge is -2.25. The summed E-state index contributed by atoms with van der Waals surface area (Å²) in [6.07, 6.45) is 4.54. The van der Waals surface area contributed by atoms with Crippen molar-refractivity contribution in [2.45, 2.75) is 25.7 Å². The summed E-state index contributed by atoms with van der Waals surface area (Å²) in [7, 11) is 0. The summed E-state index contributed by atoms with van der Waals surface area (Å²) in [5, 5.41) is 7.30. The lowest BCUT2D eigenvalue weighted by Crippen LogP contribution is -2.14. The first-order valence-corrected chi connectivity index (χ1v) is 6.81. The summed E-state index contributed by atoms with van der Waals surface area (Å²) in [6.45, 7) is 0. The highest BCUT2D eigenvalue weighted by molar-refractivity contribution is 6.33. The number of benzene rings is 1. The van der Waals surface area contributed by atoms with E-state index in [2.05, 4.69) is 10.2 Å². The lowest BCUT2D eigenvalue weighted by molar-refractivity contribution is 0.312. The van der Waals surface area contributed by atoms with Gasteiger partial charge in [-0.3, -0.25) is 5.10 Å². The Labute approximate surface area is 116 Å². The number of hydrogen-bond donors (Lipinski definition) is 2. The van der Waals surface area contributed by atoms with Gasteiger partial charge >= 0.3 is 0 Å². The lowest BCUT2D eigenvalue weighted by atomic mass is 9.81. The molecule has 1 heterocycles. The Balaban J connectivity index is 2.05. The van der Waals surface area contributed by atoms with Crippen LogP contribution in [0.4, 0.5) is 10.2 Å². The van der Waals surface area contributed by atoms with Crippen LogP contribution in [-0.4, -0.2) is 10.2 Å². The van der Waals surface area contributed by atoms with Crippen molar-refractivity contribution in [2.75, 3.05) is 5.73 Å². The third kappa shape index (κ3) is 2.21. The van der Waals surface area contributed by atoms with Gasteiger partial charge in [-0.15, -0.1) is 0 Å². The largest absolute Gasteiger partial charge is 0.382 e. The number of aromatic amines is 1. The summed E-state index contributed by atoms with van der Waals surface area (Å²) in [5.74, 6) is 0.584.